The van der Waals surface area contributed by atoms with E-state index in [1.54, 1.807) is 0 Å². The molecular weight excluding hydrogens is 1010 g/mol. The Balaban J connectivity index is 4.29. The fourth-order valence-electron chi connectivity index (χ4n) is 10.3. The summed E-state index contributed by atoms with van der Waals surface area (Å²) in [5.41, 5.74) is 0. The Labute approximate surface area is 509 Å². The molecule has 0 spiro atoms. The molecular formula is C76H134O6. The maximum Gasteiger partial charge on any atom is 0.306 e. The molecule has 82 heavy (non-hydrogen) atoms. The third-order valence-electron chi connectivity index (χ3n) is 15.6. The molecule has 0 bridgehead atoms. The van der Waals surface area contributed by atoms with Crippen LogP contribution < -0.4 is 0 Å². The van der Waals surface area contributed by atoms with E-state index in [9.17, 15) is 14.4 Å². The Hall–Kier alpha value is -3.41. The van der Waals surface area contributed by atoms with Crippen molar-refractivity contribution >= 4 is 17.9 Å². The van der Waals surface area contributed by atoms with Crippen LogP contribution in [0.2, 0.25) is 0 Å². The highest BCUT2D eigenvalue weighted by Gasteiger charge is 2.19. The van der Waals surface area contributed by atoms with Crippen molar-refractivity contribution in [2.24, 2.45) is 0 Å². The second-order valence-corrected chi connectivity index (χ2v) is 23.8. The van der Waals surface area contributed by atoms with Crippen LogP contribution in [0.25, 0.3) is 0 Å². The van der Waals surface area contributed by atoms with Gasteiger partial charge >= 0.3 is 17.9 Å². The summed E-state index contributed by atoms with van der Waals surface area (Å²) in [4.78, 5) is 38.4. The van der Waals surface area contributed by atoms with Crippen LogP contribution in [0, 0.1) is 0 Å². The first-order chi connectivity index (χ1) is 40.5. The van der Waals surface area contributed by atoms with Gasteiger partial charge in [0, 0.05) is 19.3 Å². The number of esters is 3. The van der Waals surface area contributed by atoms with E-state index >= 15 is 0 Å². The molecule has 0 aliphatic carbocycles. The number of ether oxygens (including phenoxy) is 3. The highest BCUT2D eigenvalue weighted by Crippen LogP contribution is 2.18. The standard InChI is InChI=1S/C76H134O6/c1-4-7-10-13-16-19-22-25-28-30-32-34-35-36-37-38-39-40-41-43-44-46-48-51-54-57-60-63-66-69-75(78)81-72-73(71-80-74(77)68-65-62-59-56-53-50-27-24-21-18-15-12-9-6-3)82-76(79)70-67-64-61-58-55-52-49-47-45-42-33-31-29-26-23-20-17-14-11-8-5-2/h8,11,17,20,24,26-27,29,33,42,47,49,55,58,73H,4-7,9-10,12-16,18-19,21-23,25,28,30-32,34-41,43-46,48,50-54,56-57,59-72H2,1-3H3/b11-8-,20-17-,27-24-,29-26-,42-33-,49-47-,58-55-. The van der Waals surface area contributed by atoms with Gasteiger partial charge in [-0.05, 0) is 96.3 Å². The number of unbranched alkanes of at least 4 members (excludes halogenated alkanes) is 40. The molecule has 0 saturated carbocycles. The van der Waals surface area contributed by atoms with E-state index in [1.807, 2.05) is 0 Å². The van der Waals surface area contributed by atoms with E-state index in [2.05, 4.69) is 106 Å². The normalized spacial score (nSPS) is 12.6. The molecule has 0 amide bonds. The van der Waals surface area contributed by atoms with Crippen molar-refractivity contribution in [3.8, 4) is 0 Å². The van der Waals surface area contributed by atoms with E-state index in [0.29, 0.717) is 19.3 Å². The summed E-state index contributed by atoms with van der Waals surface area (Å²) < 4.78 is 16.9. The third-order valence-corrected chi connectivity index (χ3v) is 15.6. The molecule has 0 N–H and O–H groups in total. The van der Waals surface area contributed by atoms with E-state index in [1.165, 1.54) is 218 Å². The minimum Gasteiger partial charge on any atom is -0.462 e. The molecule has 0 aliphatic rings. The molecule has 0 rings (SSSR count). The summed E-state index contributed by atoms with van der Waals surface area (Å²) in [6.07, 6.45) is 93.4. The highest BCUT2D eigenvalue weighted by atomic mass is 16.6. The van der Waals surface area contributed by atoms with Crippen molar-refractivity contribution in [1.29, 1.82) is 0 Å². The Morgan fingerprint density at radius 2 is 0.476 bits per heavy atom. The van der Waals surface area contributed by atoms with Crippen LogP contribution in [0.5, 0.6) is 0 Å². The van der Waals surface area contributed by atoms with Gasteiger partial charge in [-0.15, -0.1) is 0 Å². The van der Waals surface area contributed by atoms with Crippen molar-refractivity contribution in [3.63, 3.8) is 0 Å². The Kier molecular flexibility index (Phi) is 67.2. The number of hydrogen-bond donors (Lipinski definition) is 0. The first-order valence-corrected chi connectivity index (χ1v) is 35.6. The zero-order valence-corrected chi connectivity index (χ0v) is 54.5. The average molecular weight is 1140 g/mol. The largest absolute Gasteiger partial charge is 0.462 e. The van der Waals surface area contributed by atoms with Crippen LogP contribution >= 0.6 is 0 Å². The molecule has 6 nitrogen and oxygen atoms in total. The quantitative estimate of drug-likeness (QED) is 0.0261. The molecule has 6 heteroatoms. The fraction of sp³-hybridized carbons (Fsp3) is 0.776. The minimum atomic E-state index is -0.804. The lowest BCUT2D eigenvalue weighted by Gasteiger charge is -2.18. The van der Waals surface area contributed by atoms with Crippen molar-refractivity contribution in [1.82, 2.24) is 0 Å². The zero-order chi connectivity index (χ0) is 59.2. The van der Waals surface area contributed by atoms with Crippen LogP contribution in [0.4, 0.5) is 0 Å². The first-order valence-electron chi connectivity index (χ1n) is 35.6. The molecule has 0 heterocycles. The molecule has 0 aromatic carbocycles. The smallest absolute Gasteiger partial charge is 0.306 e. The van der Waals surface area contributed by atoms with Gasteiger partial charge in [0.05, 0.1) is 0 Å². The minimum absolute atomic E-state index is 0.0940. The molecule has 474 valence electrons. The summed E-state index contributed by atoms with van der Waals surface area (Å²) in [6, 6.07) is 0. The second-order valence-electron chi connectivity index (χ2n) is 23.8. The van der Waals surface area contributed by atoms with E-state index < -0.39 is 6.10 Å². The predicted octanol–water partition coefficient (Wildman–Crippen LogP) is 24.6. The van der Waals surface area contributed by atoms with Gasteiger partial charge < -0.3 is 14.2 Å². The van der Waals surface area contributed by atoms with Crippen molar-refractivity contribution in [3.05, 3.63) is 85.1 Å². The van der Waals surface area contributed by atoms with Crippen molar-refractivity contribution in [2.75, 3.05) is 13.2 Å². The summed E-state index contributed by atoms with van der Waals surface area (Å²) in [7, 11) is 0. The average Bonchev–Trinajstić information content (AvgIpc) is 3.47. The van der Waals surface area contributed by atoms with Gasteiger partial charge in [-0.2, -0.15) is 0 Å². The molecule has 0 aromatic heterocycles. The SMILES string of the molecule is CC/C=C\C/C=C\C/C=C\C/C=C\C/C=C\C/C=C\CCCCC(=O)OC(COC(=O)CCCCCCC/C=C\CCCCCCC)COC(=O)CCCCCCCCCCCCCCCCCCCCCCCCCCCCCCC. The Morgan fingerprint density at radius 1 is 0.256 bits per heavy atom. The Bertz CT molecular complexity index is 1550. The van der Waals surface area contributed by atoms with Crippen LogP contribution in [-0.2, 0) is 28.6 Å². The van der Waals surface area contributed by atoms with Crippen molar-refractivity contribution in [2.45, 2.75) is 367 Å². The lowest BCUT2D eigenvalue weighted by Crippen LogP contribution is -2.30. The van der Waals surface area contributed by atoms with Crippen LogP contribution in [-0.4, -0.2) is 37.2 Å². The van der Waals surface area contributed by atoms with Gasteiger partial charge in [0.1, 0.15) is 13.2 Å². The third kappa shape index (κ3) is 67.4. The summed E-state index contributed by atoms with van der Waals surface area (Å²) >= 11 is 0. The first kappa shape index (κ1) is 78.6. The maximum absolute atomic E-state index is 12.9. The van der Waals surface area contributed by atoms with E-state index in [4.69, 9.17) is 14.2 Å². The topological polar surface area (TPSA) is 78.9 Å². The van der Waals surface area contributed by atoms with Gasteiger partial charge in [-0.3, -0.25) is 14.4 Å². The summed E-state index contributed by atoms with van der Waals surface area (Å²) in [5, 5.41) is 0. The lowest BCUT2D eigenvalue weighted by molar-refractivity contribution is -0.167. The maximum atomic E-state index is 12.9. The van der Waals surface area contributed by atoms with Crippen LogP contribution in [0.3, 0.4) is 0 Å². The predicted molar refractivity (Wildman–Crippen MR) is 358 cm³/mol. The number of allylic oxidation sites excluding steroid dienone is 14. The number of carbonyl (C=O) groups is 3. The number of carbonyl (C=O) groups excluding carboxylic acids is 3. The second kappa shape index (κ2) is 70.1. The summed E-state index contributed by atoms with van der Waals surface area (Å²) in [5.74, 6) is -0.930. The zero-order valence-electron chi connectivity index (χ0n) is 54.5. The monoisotopic (exact) mass is 1140 g/mol. The van der Waals surface area contributed by atoms with Gasteiger partial charge in [0.2, 0.25) is 0 Å². The van der Waals surface area contributed by atoms with Crippen LogP contribution in [0.1, 0.15) is 361 Å². The fourth-order valence-corrected chi connectivity index (χ4v) is 10.3. The molecule has 0 radical (unpaired) electrons. The molecule has 1 unspecified atom stereocenters. The molecule has 0 fully saturated rings. The molecule has 0 aliphatic heterocycles. The highest BCUT2D eigenvalue weighted by molar-refractivity contribution is 5.71. The number of hydrogen-bond acceptors (Lipinski definition) is 6. The molecule has 0 aromatic rings. The lowest BCUT2D eigenvalue weighted by atomic mass is 10.0. The molecule has 1 atom stereocenters. The molecule has 0 saturated heterocycles. The van der Waals surface area contributed by atoms with Gasteiger partial charge in [0.15, 0.2) is 6.10 Å². The number of rotatable bonds is 65. The summed E-state index contributed by atoms with van der Waals surface area (Å²) in [6.45, 7) is 6.52. The van der Waals surface area contributed by atoms with Gasteiger partial charge in [0.25, 0.3) is 0 Å². The van der Waals surface area contributed by atoms with Gasteiger partial charge in [-0.25, -0.2) is 0 Å². The van der Waals surface area contributed by atoms with Gasteiger partial charge in [-0.1, -0.05) is 331 Å². The Morgan fingerprint density at radius 3 is 0.780 bits per heavy atom. The van der Waals surface area contributed by atoms with Crippen molar-refractivity contribution < 1.29 is 28.6 Å². The van der Waals surface area contributed by atoms with E-state index in [-0.39, 0.29) is 37.5 Å². The van der Waals surface area contributed by atoms with E-state index in [0.717, 1.165) is 96.3 Å². The van der Waals surface area contributed by atoms with Crippen LogP contribution in [0.15, 0.2) is 85.1 Å².